The molecule has 0 aromatic rings. The first-order valence-corrected chi connectivity index (χ1v) is 3.36. The number of halogens is 2. The van der Waals surface area contributed by atoms with Crippen molar-refractivity contribution in [2.75, 3.05) is 0 Å². The monoisotopic (exact) mass is 143 g/mol. The maximum atomic E-state index is 11.6. The minimum atomic E-state index is -4.42. The second kappa shape index (κ2) is 1.65. The summed E-state index contributed by atoms with van der Waals surface area (Å²) in [4.78, 5) is 0. The zero-order valence-electron chi connectivity index (χ0n) is 4.19. The van der Waals surface area contributed by atoms with E-state index >= 15 is 0 Å². The third-order valence-electron chi connectivity index (χ3n) is 0.546. The molecule has 0 spiro atoms. The Labute approximate surface area is 46.4 Å². The second-order valence-corrected chi connectivity index (χ2v) is 3.37. The Balaban J connectivity index is 4.53. The summed E-state index contributed by atoms with van der Waals surface area (Å²) in [5.41, 5.74) is 0. The van der Waals surface area contributed by atoms with E-state index in [4.69, 9.17) is 0 Å². The molecule has 0 rings (SSSR count). The molecule has 5 heteroatoms. The van der Waals surface area contributed by atoms with E-state index < -0.39 is 15.1 Å². The van der Waals surface area contributed by atoms with Gasteiger partial charge in [0.1, 0.15) is 0 Å². The molecule has 0 saturated carbocycles. The molecule has 0 aliphatic carbocycles. The van der Waals surface area contributed by atoms with Crippen molar-refractivity contribution >= 4 is 9.84 Å². The molecule has 0 heterocycles. The van der Waals surface area contributed by atoms with Gasteiger partial charge in [0.25, 0.3) is 0 Å². The highest BCUT2D eigenvalue weighted by atomic mass is 32.2. The van der Waals surface area contributed by atoms with Gasteiger partial charge in [-0.2, -0.15) is 8.78 Å². The van der Waals surface area contributed by atoms with Gasteiger partial charge in [-0.25, -0.2) is 8.42 Å². The first-order valence-electron chi connectivity index (χ1n) is 1.70. The van der Waals surface area contributed by atoms with E-state index in [1.165, 1.54) is 0 Å². The molecule has 1 radical (unpaired) electrons. The third-order valence-corrected chi connectivity index (χ3v) is 1.64. The van der Waals surface area contributed by atoms with Gasteiger partial charge in [-0.3, -0.25) is 0 Å². The molecule has 0 atom stereocenters. The minimum absolute atomic E-state index is 0.287. The van der Waals surface area contributed by atoms with Crippen LogP contribution in [0.1, 0.15) is 6.92 Å². The van der Waals surface area contributed by atoms with Crippen LogP contribution in [0.2, 0.25) is 0 Å². The maximum absolute atomic E-state index is 11.6. The van der Waals surface area contributed by atoms with Crippen molar-refractivity contribution in [2.24, 2.45) is 0 Å². The van der Waals surface area contributed by atoms with Crippen molar-refractivity contribution in [3.05, 3.63) is 6.26 Å². The van der Waals surface area contributed by atoms with Crippen molar-refractivity contribution in [2.45, 2.75) is 12.2 Å². The molecular formula is C3H5F2O2S. The Bertz CT molecular complexity index is 164. The van der Waals surface area contributed by atoms with E-state index in [0.717, 1.165) is 0 Å². The van der Waals surface area contributed by atoms with Crippen LogP contribution in [0.15, 0.2) is 0 Å². The van der Waals surface area contributed by atoms with Gasteiger partial charge in [-0.05, 0) is 0 Å². The van der Waals surface area contributed by atoms with E-state index in [0.29, 0.717) is 0 Å². The molecular weight excluding hydrogens is 138 g/mol. The highest BCUT2D eigenvalue weighted by Gasteiger charge is 2.34. The molecule has 0 saturated heterocycles. The number of rotatable bonds is 1. The van der Waals surface area contributed by atoms with Crippen LogP contribution in [0, 0.1) is 6.26 Å². The summed E-state index contributed by atoms with van der Waals surface area (Å²) < 4.78 is 42.7. The molecule has 8 heavy (non-hydrogen) atoms. The van der Waals surface area contributed by atoms with Crippen molar-refractivity contribution in [3.63, 3.8) is 0 Å². The number of sulfone groups is 1. The SMILES string of the molecule is [CH2]S(=O)(=O)C(C)(F)F. The lowest BCUT2D eigenvalue weighted by Gasteiger charge is -2.04. The van der Waals surface area contributed by atoms with E-state index in [1.54, 1.807) is 0 Å². The lowest BCUT2D eigenvalue weighted by molar-refractivity contribution is 0.116. The quantitative estimate of drug-likeness (QED) is 0.544. The van der Waals surface area contributed by atoms with E-state index in [1.807, 2.05) is 0 Å². The van der Waals surface area contributed by atoms with Crippen molar-refractivity contribution < 1.29 is 17.2 Å². The summed E-state index contributed by atoms with van der Waals surface area (Å²) in [6, 6.07) is 0. The molecule has 0 unspecified atom stereocenters. The van der Waals surface area contributed by atoms with Crippen LogP contribution < -0.4 is 0 Å². The minimum Gasteiger partial charge on any atom is -0.223 e. The average molecular weight is 143 g/mol. The summed E-state index contributed by atoms with van der Waals surface area (Å²) >= 11 is 0. The van der Waals surface area contributed by atoms with Gasteiger partial charge in [0.05, 0.1) is 6.26 Å². The predicted molar refractivity (Wildman–Crippen MR) is 24.9 cm³/mol. The molecule has 0 amide bonds. The predicted octanol–water partition coefficient (Wildman–Crippen LogP) is 0.805. The standard InChI is InChI=1S/C3H5F2O2S/c1-3(4,5)8(2,6)7/h2H2,1H3. The van der Waals surface area contributed by atoms with Crippen molar-refractivity contribution in [3.8, 4) is 0 Å². The Morgan fingerprint density at radius 2 is 1.62 bits per heavy atom. The molecule has 2 nitrogen and oxygen atoms in total. The van der Waals surface area contributed by atoms with Crippen LogP contribution in [0.25, 0.3) is 0 Å². The van der Waals surface area contributed by atoms with Crippen molar-refractivity contribution in [1.29, 1.82) is 0 Å². The Hall–Kier alpha value is -0.190. The van der Waals surface area contributed by atoms with Gasteiger partial charge in [0, 0.05) is 6.92 Å². The Morgan fingerprint density at radius 1 is 1.50 bits per heavy atom. The second-order valence-electron chi connectivity index (χ2n) is 1.42. The van der Waals surface area contributed by atoms with E-state index in [9.17, 15) is 17.2 Å². The molecule has 49 valence electrons. The zero-order chi connectivity index (χ0) is 7.00. The first kappa shape index (κ1) is 7.81. The van der Waals surface area contributed by atoms with E-state index in [2.05, 4.69) is 6.26 Å². The van der Waals surface area contributed by atoms with Gasteiger partial charge in [0.2, 0.25) is 9.84 Å². The molecule has 0 aliphatic heterocycles. The lowest BCUT2D eigenvalue weighted by Crippen LogP contribution is -2.20. The molecule has 0 aliphatic rings. The van der Waals surface area contributed by atoms with Gasteiger partial charge < -0.3 is 0 Å². The largest absolute Gasteiger partial charge is 0.342 e. The summed E-state index contributed by atoms with van der Waals surface area (Å²) in [6.07, 6.45) is 2.26. The van der Waals surface area contributed by atoms with Crippen LogP contribution in [0.3, 0.4) is 0 Å². The lowest BCUT2D eigenvalue weighted by atomic mass is 10.9. The van der Waals surface area contributed by atoms with Gasteiger partial charge >= 0.3 is 5.25 Å². The van der Waals surface area contributed by atoms with Crippen LogP contribution >= 0.6 is 0 Å². The smallest absolute Gasteiger partial charge is 0.223 e. The van der Waals surface area contributed by atoms with Crippen LogP contribution in [-0.2, 0) is 9.84 Å². The molecule has 0 bridgehead atoms. The van der Waals surface area contributed by atoms with Crippen LogP contribution in [0.5, 0.6) is 0 Å². The van der Waals surface area contributed by atoms with Crippen LogP contribution in [0.4, 0.5) is 8.78 Å². The van der Waals surface area contributed by atoms with Crippen LogP contribution in [-0.4, -0.2) is 13.7 Å². The third kappa shape index (κ3) is 1.73. The fourth-order valence-electron chi connectivity index (χ4n) is 0. The summed E-state index contributed by atoms with van der Waals surface area (Å²) in [7, 11) is -4.42. The maximum Gasteiger partial charge on any atom is 0.342 e. The fourth-order valence-corrected chi connectivity index (χ4v) is 0. The summed E-state index contributed by atoms with van der Waals surface area (Å²) in [5.74, 6) is 0. The van der Waals surface area contributed by atoms with Gasteiger partial charge in [-0.15, -0.1) is 0 Å². The van der Waals surface area contributed by atoms with Crippen molar-refractivity contribution in [1.82, 2.24) is 0 Å². The number of hydrogen-bond acceptors (Lipinski definition) is 2. The first-order chi connectivity index (χ1) is 3.25. The number of hydrogen-bond donors (Lipinski definition) is 0. The van der Waals surface area contributed by atoms with Gasteiger partial charge in [0.15, 0.2) is 0 Å². The summed E-state index contributed by atoms with van der Waals surface area (Å²) in [5, 5.41) is -3.70. The Morgan fingerprint density at radius 3 is 1.62 bits per heavy atom. The molecule has 0 N–H and O–H groups in total. The fraction of sp³-hybridized carbons (Fsp3) is 0.667. The normalized spacial score (nSPS) is 14.0. The van der Waals surface area contributed by atoms with E-state index in [-0.39, 0.29) is 6.92 Å². The highest BCUT2D eigenvalue weighted by molar-refractivity contribution is 7.93. The Kier molecular flexibility index (Phi) is 1.61. The zero-order valence-corrected chi connectivity index (χ0v) is 5.00. The number of alkyl halides is 2. The summed E-state index contributed by atoms with van der Waals surface area (Å²) in [6.45, 7) is 0.287. The topological polar surface area (TPSA) is 34.1 Å². The molecule has 0 aromatic heterocycles. The molecule has 0 fully saturated rings. The average Bonchev–Trinajstić information content (AvgIpc) is 1.25. The molecule has 0 aromatic carbocycles. The van der Waals surface area contributed by atoms with Gasteiger partial charge in [-0.1, -0.05) is 0 Å². The highest BCUT2D eigenvalue weighted by Crippen LogP contribution is 2.19.